The molecule has 0 aliphatic heterocycles. The largest absolute Gasteiger partial charge is 0.397 e. The molecule has 0 atom stereocenters. The quantitative estimate of drug-likeness (QED) is 0.573. The van der Waals surface area contributed by atoms with Gasteiger partial charge in [-0.1, -0.05) is 42.5 Å². The lowest BCUT2D eigenvalue weighted by Gasteiger charge is -2.16. The molecule has 0 spiro atoms. The maximum atomic E-state index is 12.9. The number of aryl methyl sites for hydroxylation is 2. The second kappa shape index (κ2) is 5.56. The molecule has 0 fully saturated rings. The molecular formula is C20H18N4O2. The summed E-state index contributed by atoms with van der Waals surface area (Å²) in [5, 5.41) is 2.40. The molecule has 0 saturated heterocycles. The zero-order valence-electron chi connectivity index (χ0n) is 14.8. The molecule has 2 heterocycles. The van der Waals surface area contributed by atoms with E-state index in [-0.39, 0.29) is 0 Å². The number of nitrogens with two attached hydrogens (primary N) is 1. The van der Waals surface area contributed by atoms with E-state index in [0.717, 1.165) is 20.9 Å². The van der Waals surface area contributed by atoms with Gasteiger partial charge in [-0.3, -0.25) is 13.9 Å². The van der Waals surface area contributed by atoms with Crippen molar-refractivity contribution in [2.24, 2.45) is 14.1 Å². The molecule has 2 aromatic carbocycles. The lowest BCUT2D eigenvalue weighted by Crippen LogP contribution is -2.37. The van der Waals surface area contributed by atoms with E-state index in [4.69, 9.17) is 5.73 Å². The first-order chi connectivity index (χ1) is 12.4. The third-order valence-corrected chi connectivity index (χ3v) is 4.88. The van der Waals surface area contributed by atoms with Gasteiger partial charge in [0, 0.05) is 19.7 Å². The van der Waals surface area contributed by atoms with Crippen LogP contribution in [0.25, 0.3) is 32.9 Å². The van der Waals surface area contributed by atoms with E-state index in [1.54, 1.807) is 14.0 Å². The summed E-state index contributed by atoms with van der Waals surface area (Å²) in [7, 11) is 3.08. The standard InChI is InChI=1S/C20H18N4O2/c1-11-17(21)15(14-10-6-8-12-7-4-5-9-13(12)14)16-18(22-11)23(2)20(26)24(3)19(16)25/h4-10H,21H2,1-3H3. The molecule has 2 aromatic heterocycles. The average Bonchev–Trinajstić information content (AvgIpc) is 2.66. The Morgan fingerprint density at radius 2 is 1.65 bits per heavy atom. The van der Waals surface area contributed by atoms with Crippen LogP contribution in [-0.4, -0.2) is 14.1 Å². The van der Waals surface area contributed by atoms with Crippen molar-refractivity contribution >= 4 is 27.5 Å². The summed E-state index contributed by atoms with van der Waals surface area (Å²) >= 11 is 0. The molecule has 0 aliphatic carbocycles. The fourth-order valence-corrected chi connectivity index (χ4v) is 3.44. The van der Waals surface area contributed by atoms with Gasteiger partial charge in [0.1, 0.15) is 5.65 Å². The van der Waals surface area contributed by atoms with Gasteiger partial charge in [-0.15, -0.1) is 0 Å². The van der Waals surface area contributed by atoms with Gasteiger partial charge in [0.2, 0.25) is 0 Å². The van der Waals surface area contributed by atoms with Crippen molar-refractivity contribution in [3.63, 3.8) is 0 Å². The number of hydrogen-bond acceptors (Lipinski definition) is 4. The molecule has 130 valence electrons. The van der Waals surface area contributed by atoms with E-state index in [0.29, 0.717) is 28.0 Å². The first kappa shape index (κ1) is 16.1. The van der Waals surface area contributed by atoms with Crippen molar-refractivity contribution in [3.05, 3.63) is 69.0 Å². The highest BCUT2D eigenvalue weighted by Gasteiger charge is 2.20. The molecule has 0 radical (unpaired) electrons. The van der Waals surface area contributed by atoms with Gasteiger partial charge in [-0.2, -0.15) is 0 Å². The highest BCUT2D eigenvalue weighted by molar-refractivity contribution is 6.07. The number of anilines is 1. The number of benzene rings is 2. The number of nitrogens with zero attached hydrogens (tertiary/aromatic N) is 3. The summed E-state index contributed by atoms with van der Waals surface area (Å²) in [6.45, 7) is 1.78. The van der Waals surface area contributed by atoms with Gasteiger partial charge in [0.15, 0.2) is 0 Å². The highest BCUT2D eigenvalue weighted by Crippen LogP contribution is 2.36. The second-order valence-electron chi connectivity index (χ2n) is 6.42. The summed E-state index contributed by atoms with van der Waals surface area (Å²) in [5.41, 5.74) is 8.42. The average molecular weight is 346 g/mol. The predicted octanol–water partition coefficient (Wildman–Crippen LogP) is 2.34. The van der Waals surface area contributed by atoms with Crippen LogP contribution in [0.15, 0.2) is 52.1 Å². The minimum absolute atomic E-state index is 0.340. The molecule has 0 bridgehead atoms. The summed E-state index contributed by atoms with van der Waals surface area (Å²) in [6, 6.07) is 13.8. The van der Waals surface area contributed by atoms with Crippen molar-refractivity contribution in [1.29, 1.82) is 0 Å². The van der Waals surface area contributed by atoms with Crippen molar-refractivity contribution in [2.45, 2.75) is 6.92 Å². The summed E-state index contributed by atoms with van der Waals surface area (Å²) in [4.78, 5) is 29.7. The fourth-order valence-electron chi connectivity index (χ4n) is 3.44. The molecule has 26 heavy (non-hydrogen) atoms. The first-order valence-electron chi connectivity index (χ1n) is 8.25. The minimum atomic E-state index is -0.414. The summed E-state index contributed by atoms with van der Waals surface area (Å²) < 4.78 is 2.48. The van der Waals surface area contributed by atoms with Crippen molar-refractivity contribution in [1.82, 2.24) is 14.1 Å². The first-order valence-corrected chi connectivity index (χ1v) is 8.25. The second-order valence-corrected chi connectivity index (χ2v) is 6.42. The van der Waals surface area contributed by atoms with Gasteiger partial charge in [0.25, 0.3) is 5.56 Å². The number of pyridine rings is 1. The Balaban J connectivity index is 2.32. The minimum Gasteiger partial charge on any atom is -0.397 e. The molecule has 0 saturated carbocycles. The van der Waals surface area contributed by atoms with Crippen LogP contribution in [-0.2, 0) is 14.1 Å². The number of rotatable bonds is 1. The summed E-state index contributed by atoms with van der Waals surface area (Å²) in [5.74, 6) is 0. The van der Waals surface area contributed by atoms with Gasteiger partial charge < -0.3 is 5.73 Å². The topological polar surface area (TPSA) is 82.9 Å². The van der Waals surface area contributed by atoms with Crippen molar-refractivity contribution in [2.75, 3.05) is 5.73 Å². The molecule has 6 nitrogen and oxygen atoms in total. The Morgan fingerprint density at radius 1 is 0.962 bits per heavy atom. The zero-order chi connectivity index (χ0) is 18.6. The molecule has 6 heteroatoms. The zero-order valence-corrected chi connectivity index (χ0v) is 14.8. The van der Waals surface area contributed by atoms with Crippen LogP contribution in [0, 0.1) is 6.92 Å². The monoisotopic (exact) mass is 346 g/mol. The molecular weight excluding hydrogens is 328 g/mol. The number of fused-ring (bicyclic) bond motifs is 2. The third kappa shape index (κ3) is 2.08. The van der Waals surface area contributed by atoms with Gasteiger partial charge in [-0.05, 0) is 23.3 Å². The van der Waals surface area contributed by atoms with E-state index in [1.165, 1.54) is 11.6 Å². The van der Waals surface area contributed by atoms with Crippen LogP contribution in [0.3, 0.4) is 0 Å². The van der Waals surface area contributed by atoms with Crippen molar-refractivity contribution < 1.29 is 0 Å². The Morgan fingerprint density at radius 3 is 2.42 bits per heavy atom. The number of nitrogen functional groups attached to an aromatic ring is 1. The number of hydrogen-bond donors (Lipinski definition) is 1. The Hall–Kier alpha value is -3.41. The molecule has 4 aromatic rings. The van der Waals surface area contributed by atoms with Crippen LogP contribution >= 0.6 is 0 Å². The maximum absolute atomic E-state index is 12.9. The van der Waals surface area contributed by atoms with Crippen LogP contribution in [0.4, 0.5) is 5.69 Å². The van der Waals surface area contributed by atoms with Crippen molar-refractivity contribution in [3.8, 4) is 11.1 Å². The van der Waals surface area contributed by atoms with E-state index in [1.807, 2.05) is 42.5 Å². The smallest absolute Gasteiger partial charge is 0.332 e. The Labute approximate surface area is 149 Å². The van der Waals surface area contributed by atoms with E-state index >= 15 is 0 Å². The van der Waals surface area contributed by atoms with E-state index < -0.39 is 11.2 Å². The predicted molar refractivity (Wildman–Crippen MR) is 104 cm³/mol. The lowest BCUT2D eigenvalue weighted by atomic mass is 9.95. The van der Waals surface area contributed by atoms with E-state index in [2.05, 4.69) is 4.98 Å². The third-order valence-electron chi connectivity index (χ3n) is 4.88. The fraction of sp³-hybridized carbons (Fsp3) is 0.150. The van der Waals surface area contributed by atoms with Gasteiger partial charge in [0.05, 0.1) is 16.8 Å². The molecule has 2 N–H and O–H groups in total. The van der Waals surface area contributed by atoms with Crippen LogP contribution in [0.1, 0.15) is 5.69 Å². The van der Waals surface area contributed by atoms with Gasteiger partial charge >= 0.3 is 5.69 Å². The maximum Gasteiger partial charge on any atom is 0.332 e. The molecule has 4 rings (SSSR count). The molecule has 0 unspecified atom stereocenters. The number of aromatic nitrogens is 3. The SMILES string of the molecule is Cc1nc2c(c(-c3cccc4ccccc34)c1N)c(=O)n(C)c(=O)n2C. The van der Waals surface area contributed by atoms with Crippen LogP contribution in [0.5, 0.6) is 0 Å². The van der Waals surface area contributed by atoms with Gasteiger partial charge in [-0.25, -0.2) is 9.78 Å². The molecule has 0 amide bonds. The normalized spacial score (nSPS) is 11.3. The Bertz CT molecular complexity index is 1310. The lowest BCUT2D eigenvalue weighted by molar-refractivity contribution is 0.707. The van der Waals surface area contributed by atoms with E-state index in [9.17, 15) is 9.59 Å². The van der Waals surface area contributed by atoms with Crippen LogP contribution < -0.4 is 17.0 Å². The van der Waals surface area contributed by atoms with Crippen LogP contribution in [0.2, 0.25) is 0 Å². The molecule has 0 aliphatic rings. The summed E-state index contributed by atoms with van der Waals surface area (Å²) in [6.07, 6.45) is 0. The highest BCUT2D eigenvalue weighted by atomic mass is 16.2. The Kier molecular flexibility index (Phi) is 3.44.